The molecule has 0 unspecified atom stereocenters. The van der Waals surface area contributed by atoms with Crippen LogP contribution in [0.5, 0.6) is 0 Å². The molecule has 98 heavy (non-hydrogen) atoms. The molecule has 0 bridgehead atoms. The van der Waals surface area contributed by atoms with E-state index in [1.807, 2.05) is 72.8 Å². The van der Waals surface area contributed by atoms with Crippen LogP contribution in [0, 0.1) is 17.8 Å². The highest BCUT2D eigenvalue weighted by molar-refractivity contribution is 7.21. The third-order valence-corrected chi connectivity index (χ3v) is 18.5. The summed E-state index contributed by atoms with van der Waals surface area (Å²) in [6.07, 6.45) is 4.31. The number of nitrogens with two attached hydrogens (primary N) is 5. The first-order chi connectivity index (χ1) is 46.5. The third-order valence-electron chi connectivity index (χ3n) is 15.3. The molecule has 6 heterocycles. The Balaban J connectivity index is 0.000000215. The number of ketones is 3. The van der Waals surface area contributed by atoms with Crippen molar-refractivity contribution in [3.8, 4) is 0 Å². The van der Waals surface area contributed by atoms with E-state index in [4.69, 9.17) is 43.2 Å². The number of hydrogen-bond donors (Lipinski definition) is 11. The highest BCUT2D eigenvalue weighted by Crippen LogP contribution is 2.28. The lowest BCUT2D eigenvalue weighted by atomic mass is 10.0. The van der Waals surface area contributed by atoms with Crippen LogP contribution in [0.25, 0.3) is 30.6 Å². The number of para-hydroxylation sites is 3. The Morgan fingerprint density at radius 2 is 1.00 bits per heavy atom. The van der Waals surface area contributed by atoms with Crippen LogP contribution in [0.4, 0.5) is 9.59 Å². The number of benzene rings is 3. The fourth-order valence-corrected chi connectivity index (χ4v) is 13.0. The summed E-state index contributed by atoms with van der Waals surface area (Å²) in [7, 11) is 3.20. The predicted molar refractivity (Wildman–Crippen MR) is 384 cm³/mol. The van der Waals surface area contributed by atoms with Crippen molar-refractivity contribution in [1.29, 1.82) is 0 Å². The maximum Gasteiger partial charge on any atom is 0.410 e. The molecule has 29 nitrogen and oxygen atoms in total. The first kappa shape index (κ1) is 78.0. The molecule has 3 aromatic carbocycles. The summed E-state index contributed by atoms with van der Waals surface area (Å²) in [6, 6.07) is 20.9. The third kappa shape index (κ3) is 25.1. The molecule has 532 valence electrons. The molecular weight excluding hydrogens is 1320 g/mol. The number of aliphatic imine (C=N–C) groups is 3. The van der Waals surface area contributed by atoms with Gasteiger partial charge in [0.05, 0.1) is 66.5 Å². The van der Waals surface area contributed by atoms with E-state index in [-0.39, 0.29) is 54.1 Å². The highest BCUT2D eigenvalue weighted by atomic mass is 32.1. The number of carboxylic acids is 1. The molecule has 9 rings (SSSR count). The summed E-state index contributed by atoms with van der Waals surface area (Å²) in [5.41, 5.74) is 29.1. The van der Waals surface area contributed by atoms with Crippen molar-refractivity contribution in [3.63, 3.8) is 0 Å². The largest absolute Gasteiger partial charge is 0.481 e. The maximum atomic E-state index is 13.4. The summed E-state index contributed by atoms with van der Waals surface area (Å²) >= 11 is 4.05. The molecule has 4 amide bonds. The van der Waals surface area contributed by atoms with Gasteiger partial charge in [-0.2, -0.15) is 0 Å². The van der Waals surface area contributed by atoms with E-state index >= 15 is 0 Å². The Hall–Kier alpha value is -8.98. The second-order valence-electron chi connectivity index (χ2n) is 25.4. The van der Waals surface area contributed by atoms with Gasteiger partial charge in [-0.05, 0) is 142 Å². The first-order valence-corrected chi connectivity index (χ1v) is 34.9. The van der Waals surface area contributed by atoms with Crippen molar-refractivity contribution in [1.82, 2.24) is 51.3 Å². The average molecular weight is 1410 g/mol. The predicted octanol–water partition coefficient (Wildman–Crippen LogP) is 5.61. The van der Waals surface area contributed by atoms with Gasteiger partial charge in [-0.25, -0.2) is 24.5 Å². The smallest absolute Gasteiger partial charge is 0.410 e. The summed E-state index contributed by atoms with van der Waals surface area (Å²) in [6.45, 7) is 15.2. The second-order valence-corrected chi connectivity index (χ2v) is 28.5. The molecule has 32 heteroatoms. The van der Waals surface area contributed by atoms with Gasteiger partial charge in [0.15, 0.2) is 32.9 Å². The Kier molecular flexibility index (Phi) is 30.0. The summed E-state index contributed by atoms with van der Waals surface area (Å²) in [5.74, 6) is -1.92. The van der Waals surface area contributed by atoms with Gasteiger partial charge >= 0.3 is 18.2 Å². The number of aromatic nitrogens is 3. The number of guanidine groups is 3. The minimum Gasteiger partial charge on any atom is -0.481 e. The van der Waals surface area contributed by atoms with Crippen LogP contribution in [0.2, 0.25) is 0 Å². The number of carboxylic acid groups (broad SMARTS) is 1. The molecule has 0 saturated carbocycles. The fraction of sp³-hybridized carbons (Fsp3) is 0.515. The zero-order valence-electron chi connectivity index (χ0n) is 56.8. The molecule has 3 saturated heterocycles. The van der Waals surface area contributed by atoms with Crippen LogP contribution in [0.15, 0.2) is 87.8 Å². The molecule has 16 N–H and O–H groups in total. The molecule has 3 aliphatic heterocycles. The van der Waals surface area contributed by atoms with Gasteiger partial charge in [-0.15, -0.1) is 34.0 Å². The van der Waals surface area contributed by atoms with E-state index in [1.54, 1.807) is 55.6 Å². The number of hydrogen-bond acceptors (Lipinski definition) is 21. The van der Waals surface area contributed by atoms with Gasteiger partial charge < -0.3 is 79.6 Å². The number of amides is 4. The van der Waals surface area contributed by atoms with E-state index in [1.165, 1.54) is 43.8 Å². The van der Waals surface area contributed by atoms with E-state index in [0.717, 1.165) is 50.0 Å². The Morgan fingerprint density at radius 1 is 0.592 bits per heavy atom. The number of rotatable bonds is 23. The number of Topliss-reactive ketones (excluding diaryl/α,β-unsaturated/α-hetero) is 3. The Morgan fingerprint density at radius 3 is 1.40 bits per heavy atom. The fourth-order valence-electron chi connectivity index (χ4n) is 10.2. The number of thiazole rings is 3. The van der Waals surface area contributed by atoms with Crippen molar-refractivity contribution in [2.45, 2.75) is 129 Å². The van der Waals surface area contributed by atoms with Gasteiger partial charge in [0, 0.05) is 66.5 Å². The summed E-state index contributed by atoms with van der Waals surface area (Å²) in [4.78, 5) is 127. The number of likely N-dealkylation sites (tertiary alicyclic amines) is 2. The van der Waals surface area contributed by atoms with Crippen LogP contribution in [-0.4, -0.2) is 197 Å². The molecule has 3 aliphatic rings. The van der Waals surface area contributed by atoms with Crippen molar-refractivity contribution in [2.75, 3.05) is 73.0 Å². The van der Waals surface area contributed by atoms with Crippen molar-refractivity contribution < 1.29 is 52.9 Å². The number of carbonyl (C=O) groups excluding carboxylic acids is 7. The van der Waals surface area contributed by atoms with Gasteiger partial charge in [0.1, 0.15) is 11.2 Å². The first-order valence-electron chi connectivity index (χ1n) is 32.5. The van der Waals surface area contributed by atoms with E-state index < -0.39 is 59.3 Å². The molecule has 0 spiro atoms. The zero-order valence-corrected chi connectivity index (χ0v) is 59.3. The summed E-state index contributed by atoms with van der Waals surface area (Å²) < 4.78 is 13.4. The Labute approximate surface area is 582 Å². The maximum absolute atomic E-state index is 13.4. The van der Waals surface area contributed by atoms with E-state index in [2.05, 4.69) is 56.5 Å². The minimum absolute atomic E-state index is 0.0186. The molecular formula is C66H94N18O11S3. The molecule has 3 fully saturated rings. The SMILES string of the molecule is CC(C)(C)OC(=O)N1CC[C@H](C(=O)O)C1.CN=C(N)NCCC[C@H](N)C(=O)c1nc2ccccc2s1.CN=C(N)NCCC[C@H](NC(=O)[C@H]1CCN(C(=O)OC(C)(C)C)C1)C(=O)c1nc2ccccc2s1.NC(N)=NCCC[C@H](NC(=O)[C@H]1CCNC1)C(=O)c1nc2ccccc2s1. The van der Waals surface area contributed by atoms with Gasteiger partial charge in [0.25, 0.3) is 0 Å². The lowest BCUT2D eigenvalue weighted by molar-refractivity contribution is -0.141. The normalized spacial score (nSPS) is 17.2. The summed E-state index contributed by atoms with van der Waals surface area (Å²) in [5, 5.41) is 24.9. The van der Waals surface area contributed by atoms with Crippen LogP contribution >= 0.6 is 34.0 Å². The Bertz CT molecular complexity index is 3680. The highest BCUT2D eigenvalue weighted by Gasteiger charge is 2.37. The number of aliphatic carboxylic acids is 1. The van der Waals surface area contributed by atoms with Crippen molar-refractivity contribution in [3.05, 3.63) is 87.8 Å². The van der Waals surface area contributed by atoms with E-state index in [0.29, 0.717) is 111 Å². The molecule has 6 atom stereocenters. The molecule has 3 aromatic heterocycles. The second kappa shape index (κ2) is 37.7. The van der Waals surface area contributed by atoms with Crippen molar-refractivity contribution in [2.24, 2.45) is 61.4 Å². The van der Waals surface area contributed by atoms with E-state index in [9.17, 15) is 38.4 Å². The topological polar surface area (TPSA) is 448 Å². The average Bonchev–Trinajstić information content (AvgIpc) is 1.68. The standard InChI is InChI=1S/C24H34N6O4S.C18H24N6O2S.C14H19N5OS.C10H17NO4/c1-24(2,3)34-23(33)30-13-11-15(14-30)20(32)28-17(9-7-12-27-22(25)26-4)19(31)21-29-16-8-5-6-10-18(16)35-21;19-18(20)22-8-3-5-13(23-16(26)11-7-9-21-10-11)15(25)17-24-12-4-1-2-6-14(12)27-17;1-17-14(16)18-8-4-5-9(15)12(20)13-19-10-6-2-3-7-11(10)21-13;1-10(2,3)15-9(14)11-5-4-7(6-11)8(12)13/h5-6,8,10,15,17H,7,9,11-14H2,1-4H3,(H,28,32)(H3,25,26,27);1-2,4,6,11,13,21H,3,5,7-10H2,(H,23,26)(H4,19,20,22);2-3,6-7,9H,4-5,8,15H2,1H3,(H3,16,17,18);7H,4-6H2,1-3H3,(H,12,13)/t15-,17-;11-,13-;9-;7-/m0000/s1. The number of nitrogens with one attached hydrogen (secondary N) is 5. The van der Waals surface area contributed by atoms with Crippen LogP contribution in [0.3, 0.4) is 0 Å². The van der Waals surface area contributed by atoms with Crippen molar-refractivity contribution >= 4 is 130 Å². The number of carbonyl (C=O) groups is 8. The minimum atomic E-state index is -0.846. The quantitative estimate of drug-likeness (QED) is 0.0161. The van der Waals surface area contributed by atoms with Crippen LogP contribution in [-0.2, 0) is 23.9 Å². The zero-order chi connectivity index (χ0) is 71.7. The number of fused-ring (bicyclic) bond motifs is 3. The van der Waals surface area contributed by atoms with Crippen LogP contribution < -0.4 is 55.3 Å². The van der Waals surface area contributed by atoms with Gasteiger partial charge in [-0.1, -0.05) is 36.4 Å². The molecule has 0 aliphatic carbocycles. The monoisotopic (exact) mass is 1410 g/mol. The number of ether oxygens (including phenoxy) is 2. The van der Waals surface area contributed by atoms with Gasteiger partial charge in [0.2, 0.25) is 29.2 Å². The molecule has 0 radical (unpaired) electrons. The lowest BCUT2D eigenvalue weighted by Gasteiger charge is -2.24. The van der Waals surface area contributed by atoms with Gasteiger partial charge in [-0.3, -0.25) is 43.7 Å². The number of nitrogens with zero attached hydrogens (tertiary/aromatic N) is 8. The lowest BCUT2D eigenvalue weighted by Crippen LogP contribution is -2.45. The van der Waals surface area contributed by atoms with Crippen LogP contribution in [0.1, 0.15) is 129 Å². The molecule has 6 aromatic rings.